The van der Waals surface area contributed by atoms with Crippen LogP contribution in [0.4, 0.5) is 0 Å². The maximum Gasteiger partial charge on any atom is 0.336 e. The van der Waals surface area contributed by atoms with Gasteiger partial charge in [0.15, 0.2) is 5.43 Å². The summed E-state index contributed by atoms with van der Waals surface area (Å²) in [6, 6.07) is 15.8. The Morgan fingerprint density at radius 2 is 1.70 bits per heavy atom. The Labute approximate surface area is 130 Å². The molecule has 0 radical (unpaired) electrons. The van der Waals surface area contributed by atoms with Gasteiger partial charge in [0.25, 0.3) is 0 Å². The van der Waals surface area contributed by atoms with Gasteiger partial charge in [-0.2, -0.15) is 0 Å². The van der Waals surface area contributed by atoms with Crippen molar-refractivity contribution in [1.29, 1.82) is 0 Å². The van der Waals surface area contributed by atoms with Crippen LogP contribution in [0.25, 0.3) is 21.9 Å². The summed E-state index contributed by atoms with van der Waals surface area (Å²) in [6.07, 6.45) is 1.82. The molecule has 0 fully saturated rings. The molecule has 4 nitrogen and oxygen atoms in total. The quantitative estimate of drug-likeness (QED) is 0.532. The Balaban J connectivity index is 1.88. The van der Waals surface area contributed by atoms with Crippen LogP contribution in [0.1, 0.15) is 11.1 Å². The molecule has 0 aliphatic carbocycles. The van der Waals surface area contributed by atoms with Crippen molar-refractivity contribution in [1.82, 2.24) is 0 Å². The second kappa shape index (κ2) is 5.25. The lowest BCUT2D eigenvalue weighted by molar-refractivity contribution is 0.557. The van der Waals surface area contributed by atoms with Crippen LogP contribution in [0.2, 0.25) is 0 Å². The molecule has 0 aliphatic rings. The van der Waals surface area contributed by atoms with Crippen LogP contribution < -0.4 is 11.1 Å². The maximum absolute atomic E-state index is 12.6. The van der Waals surface area contributed by atoms with E-state index in [1.165, 1.54) is 12.3 Å². The van der Waals surface area contributed by atoms with Gasteiger partial charge >= 0.3 is 5.63 Å². The molecule has 0 atom stereocenters. The van der Waals surface area contributed by atoms with E-state index in [0.29, 0.717) is 28.5 Å². The number of hydrogen-bond acceptors (Lipinski definition) is 4. The molecule has 2 aromatic carbocycles. The van der Waals surface area contributed by atoms with Crippen LogP contribution in [0.3, 0.4) is 0 Å². The van der Waals surface area contributed by atoms with E-state index < -0.39 is 5.63 Å². The third-order valence-corrected chi connectivity index (χ3v) is 3.86. The molecule has 0 amide bonds. The zero-order chi connectivity index (χ0) is 15.8. The van der Waals surface area contributed by atoms with Gasteiger partial charge in [-0.25, -0.2) is 4.79 Å². The van der Waals surface area contributed by atoms with Crippen molar-refractivity contribution in [3.05, 3.63) is 92.6 Å². The standard InChI is InChI=1S/C19H12O4/c20-17-9-8-12-4-3-5-13(19(12)23-17)10-14-11-22-16-7-2-1-6-15(16)18(14)21/h1-9,11H,10H2. The summed E-state index contributed by atoms with van der Waals surface area (Å²) in [4.78, 5) is 24.1. The molecule has 112 valence electrons. The molecule has 2 aromatic heterocycles. The highest BCUT2D eigenvalue weighted by molar-refractivity contribution is 5.80. The van der Waals surface area contributed by atoms with Crippen molar-refractivity contribution < 1.29 is 8.83 Å². The first kappa shape index (κ1) is 13.5. The zero-order valence-corrected chi connectivity index (χ0v) is 12.1. The third-order valence-electron chi connectivity index (χ3n) is 3.86. The first-order valence-electron chi connectivity index (χ1n) is 7.23. The first-order valence-corrected chi connectivity index (χ1v) is 7.23. The summed E-state index contributed by atoms with van der Waals surface area (Å²) in [5.74, 6) is 0. The van der Waals surface area contributed by atoms with Crippen LogP contribution in [0, 0.1) is 0 Å². The highest BCUT2D eigenvalue weighted by Crippen LogP contribution is 2.20. The van der Waals surface area contributed by atoms with E-state index in [9.17, 15) is 9.59 Å². The molecular formula is C19H12O4. The van der Waals surface area contributed by atoms with Crippen molar-refractivity contribution in [2.45, 2.75) is 6.42 Å². The van der Waals surface area contributed by atoms with Gasteiger partial charge in [0.2, 0.25) is 0 Å². The largest absolute Gasteiger partial charge is 0.464 e. The smallest absolute Gasteiger partial charge is 0.336 e. The number of hydrogen-bond donors (Lipinski definition) is 0. The fourth-order valence-electron chi connectivity index (χ4n) is 2.74. The summed E-state index contributed by atoms with van der Waals surface area (Å²) in [5, 5.41) is 1.37. The van der Waals surface area contributed by atoms with E-state index in [4.69, 9.17) is 8.83 Å². The molecule has 4 heteroatoms. The molecule has 0 aliphatic heterocycles. The average molecular weight is 304 g/mol. The molecule has 0 saturated carbocycles. The summed E-state index contributed by atoms with van der Waals surface area (Å²) in [6.45, 7) is 0. The highest BCUT2D eigenvalue weighted by atomic mass is 16.4. The fourth-order valence-corrected chi connectivity index (χ4v) is 2.74. The molecule has 23 heavy (non-hydrogen) atoms. The molecule has 0 spiro atoms. The average Bonchev–Trinajstić information content (AvgIpc) is 2.58. The van der Waals surface area contributed by atoms with E-state index >= 15 is 0 Å². The lowest BCUT2D eigenvalue weighted by atomic mass is 10.0. The molecule has 0 bridgehead atoms. The SMILES string of the molecule is O=c1ccc2cccc(Cc3coc4ccccc4c3=O)c2o1. The van der Waals surface area contributed by atoms with Crippen molar-refractivity contribution in [2.75, 3.05) is 0 Å². The van der Waals surface area contributed by atoms with Crippen LogP contribution in [0.15, 0.2) is 79.3 Å². The first-order chi connectivity index (χ1) is 11.2. The van der Waals surface area contributed by atoms with Crippen molar-refractivity contribution >= 4 is 21.9 Å². The van der Waals surface area contributed by atoms with Crippen LogP contribution in [-0.4, -0.2) is 0 Å². The summed E-state index contributed by atoms with van der Waals surface area (Å²) >= 11 is 0. The van der Waals surface area contributed by atoms with E-state index in [1.807, 2.05) is 24.3 Å². The number of fused-ring (bicyclic) bond motifs is 2. The Morgan fingerprint density at radius 1 is 0.826 bits per heavy atom. The van der Waals surface area contributed by atoms with Crippen molar-refractivity contribution in [3.63, 3.8) is 0 Å². The third kappa shape index (κ3) is 2.34. The second-order valence-electron chi connectivity index (χ2n) is 5.35. The lowest BCUT2D eigenvalue weighted by Gasteiger charge is -2.05. The second-order valence-corrected chi connectivity index (χ2v) is 5.35. The van der Waals surface area contributed by atoms with Crippen LogP contribution in [0.5, 0.6) is 0 Å². The van der Waals surface area contributed by atoms with Gasteiger partial charge in [0.05, 0.1) is 11.6 Å². The summed E-state index contributed by atoms with van der Waals surface area (Å²) in [5.41, 5.74) is 1.90. The zero-order valence-electron chi connectivity index (χ0n) is 12.1. The minimum Gasteiger partial charge on any atom is -0.464 e. The van der Waals surface area contributed by atoms with Crippen molar-refractivity contribution in [3.8, 4) is 0 Å². The van der Waals surface area contributed by atoms with E-state index in [-0.39, 0.29) is 5.43 Å². The molecule has 0 N–H and O–H groups in total. The molecule has 0 saturated heterocycles. The van der Waals surface area contributed by atoms with E-state index in [2.05, 4.69) is 0 Å². The Bertz CT molecular complexity index is 1140. The molecular weight excluding hydrogens is 292 g/mol. The Hall–Kier alpha value is -3.14. The topological polar surface area (TPSA) is 60.4 Å². The van der Waals surface area contributed by atoms with Crippen molar-refractivity contribution in [2.24, 2.45) is 0 Å². The van der Waals surface area contributed by atoms with Gasteiger partial charge < -0.3 is 8.83 Å². The van der Waals surface area contributed by atoms with Crippen LogP contribution in [-0.2, 0) is 6.42 Å². The monoisotopic (exact) mass is 304 g/mol. The predicted molar refractivity (Wildman–Crippen MR) is 87.8 cm³/mol. The van der Waals surface area contributed by atoms with Gasteiger partial charge in [0.1, 0.15) is 11.2 Å². The maximum atomic E-state index is 12.6. The molecule has 4 rings (SSSR count). The normalized spacial score (nSPS) is 11.1. The Kier molecular flexibility index (Phi) is 3.08. The van der Waals surface area contributed by atoms with Crippen LogP contribution >= 0.6 is 0 Å². The Morgan fingerprint density at radius 3 is 2.61 bits per heavy atom. The summed E-state index contributed by atoms with van der Waals surface area (Å²) < 4.78 is 10.8. The molecule has 0 unspecified atom stereocenters. The molecule has 2 heterocycles. The predicted octanol–water partition coefficient (Wildman–Crippen LogP) is 3.49. The molecule has 4 aromatic rings. The van der Waals surface area contributed by atoms with E-state index in [0.717, 1.165) is 10.9 Å². The van der Waals surface area contributed by atoms with Gasteiger partial charge in [-0.05, 0) is 18.2 Å². The number of benzene rings is 2. The highest BCUT2D eigenvalue weighted by Gasteiger charge is 2.10. The van der Waals surface area contributed by atoms with E-state index in [1.54, 1.807) is 24.3 Å². The summed E-state index contributed by atoms with van der Waals surface area (Å²) in [7, 11) is 0. The fraction of sp³-hybridized carbons (Fsp3) is 0.0526. The number of rotatable bonds is 2. The number of para-hydroxylation sites is 2. The minimum atomic E-state index is -0.407. The van der Waals surface area contributed by atoms with Gasteiger partial charge in [-0.1, -0.05) is 30.3 Å². The van der Waals surface area contributed by atoms with Gasteiger partial charge in [-0.3, -0.25) is 4.79 Å². The minimum absolute atomic E-state index is 0.0675. The van der Waals surface area contributed by atoms with Gasteiger partial charge in [-0.15, -0.1) is 0 Å². The lowest BCUT2D eigenvalue weighted by Crippen LogP contribution is -2.09. The van der Waals surface area contributed by atoms with Gasteiger partial charge in [0, 0.05) is 29.0 Å².